The summed E-state index contributed by atoms with van der Waals surface area (Å²) in [7, 11) is 0. The Kier molecular flexibility index (Phi) is 4.08. The molecule has 0 atom stereocenters. The van der Waals surface area contributed by atoms with Gasteiger partial charge in [0.2, 0.25) is 0 Å². The van der Waals surface area contributed by atoms with E-state index in [1.54, 1.807) is 10.9 Å². The predicted octanol–water partition coefficient (Wildman–Crippen LogP) is 4.15. The summed E-state index contributed by atoms with van der Waals surface area (Å²) in [5.74, 6) is 0.323. The van der Waals surface area contributed by atoms with E-state index in [1.165, 1.54) is 0 Å². The molecule has 3 heterocycles. The summed E-state index contributed by atoms with van der Waals surface area (Å²) >= 11 is 3.46. The molecule has 0 aliphatic carbocycles. The number of nitrogens with one attached hydrogen (secondary N) is 1. The van der Waals surface area contributed by atoms with Gasteiger partial charge in [-0.2, -0.15) is 5.10 Å². The number of carbonyl (C=O) groups excluding carboxylic acids is 1. The molecule has 0 unspecified atom stereocenters. The largest absolute Gasteiger partial charge is 0.305 e. The number of carbonyl (C=O) groups is 1. The van der Waals surface area contributed by atoms with Crippen LogP contribution in [-0.4, -0.2) is 25.1 Å². The maximum atomic E-state index is 12.7. The lowest BCUT2D eigenvalue weighted by Gasteiger charge is -2.08. The third-order valence-corrected chi connectivity index (χ3v) is 4.55. The van der Waals surface area contributed by atoms with Gasteiger partial charge in [-0.15, -0.1) is 0 Å². The first-order valence-electron chi connectivity index (χ1n) is 8.10. The van der Waals surface area contributed by atoms with Crippen molar-refractivity contribution in [2.24, 2.45) is 0 Å². The zero-order valence-electron chi connectivity index (χ0n) is 14.3. The van der Waals surface area contributed by atoms with Crippen LogP contribution in [0.25, 0.3) is 11.3 Å². The van der Waals surface area contributed by atoms with E-state index in [9.17, 15) is 4.79 Å². The first-order chi connectivity index (χ1) is 12.5. The van der Waals surface area contributed by atoms with Gasteiger partial charge in [0, 0.05) is 22.4 Å². The molecule has 0 radical (unpaired) electrons. The maximum Gasteiger partial charge on any atom is 0.277 e. The number of halogens is 1. The van der Waals surface area contributed by atoms with Gasteiger partial charge in [0.1, 0.15) is 17.2 Å². The standard InChI is InChI=1S/C19H16BrN5O/c1-12-9-18(25(23-12)15-7-4-6-14(20)10-15)22-19(26)16-11-24-13(2)5-3-8-17(24)21-16/h3-11H,1-2H3,(H,22,26). The van der Waals surface area contributed by atoms with Gasteiger partial charge in [0.15, 0.2) is 0 Å². The molecule has 0 aliphatic rings. The molecule has 0 saturated carbocycles. The molecule has 4 rings (SSSR count). The van der Waals surface area contributed by atoms with Crippen molar-refractivity contribution in [1.29, 1.82) is 0 Å². The van der Waals surface area contributed by atoms with E-state index in [4.69, 9.17) is 0 Å². The minimum absolute atomic E-state index is 0.274. The monoisotopic (exact) mass is 409 g/mol. The van der Waals surface area contributed by atoms with E-state index in [0.29, 0.717) is 11.5 Å². The number of amides is 1. The summed E-state index contributed by atoms with van der Waals surface area (Å²) in [6.45, 7) is 3.86. The van der Waals surface area contributed by atoms with E-state index in [-0.39, 0.29) is 5.91 Å². The molecular weight excluding hydrogens is 394 g/mol. The lowest BCUT2D eigenvalue weighted by atomic mass is 10.3. The number of anilines is 1. The molecule has 1 N–H and O–H groups in total. The second-order valence-corrected chi connectivity index (χ2v) is 6.95. The average molecular weight is 410 g/mol. The average Bonchev–Trinajstić information content (AvgIpc) is 3.19. The van der Waals surface area contributed by atoms with Crippen molar-refractivity contribution in [3.63, 3.8) is 0 Å². The highest BCUT2D eigenvalue weighted by atomic mass is 79.9. The number of hydrogen-bond donors (Lipinski definition) is 1. The molecule has 1 aromatic carbocycles. The van der Waals surface area contributed by atoms with E-state index < -0.39 is 0 Å². The van der Waals surface area contributed by atoms with E-state index >= 15 is 0 Å². The molecule has 26 heavy (non-hydrogen) atoms. The minimum Gasteiger partial charge on any atom is -0.305 e. The zero-order chi connectivity index (χ0) is 18.3. The van der Waals surface area contributed by atoms with Crippen LogP contribution in [0.2, 0.25) is 0 Å². The molecule has 6 nitrogen and oxygen atoms in total. The Balaban J connectivity index is 1.68. The quantitative estimate of drug-likeness (QED) is 0.552. The van der Waals surface area contributed by atoms with Crippen LogP contribution < -0.4 is 5.32 Å². The molecular formula is C19H16BrN5O. The molecule has 3 aromatic heterocycles. The number of aromatic nitrogens is 4. The van der Waals surface area contributed by atoms with Gasteiger partial charge >= 0.3 is 0 Å². The number of imidazole rings is 1. The van der Waals surface area contributed by atoms with Crippen LogP contribution >= 0.6 is 15.9 Å². The topological polar surface area (TPSA) is 64.2 Å². The molecule has 0 aliphatic heterocycles. The lowest BCUT2D eigenvalue weighted by Crippen LogP contribution is -2.15. The van der Waals surface area contributed by atoms with E-state index in [2.05, 4.69) is 31.3 Å². The van der Waals surface area contributed by atoms with E-state index in [0.717, 1.165) is 27.2 Å². The molecule has 0 fully saturated rings. The Morgan fingerprint density at radius 2 is 1.92 bits per heavy atom. The number of pyridine rings is 1. The SMILES string of the molecule is Cc1cc(NC(=O)c2cn3c(C)cccc3n2)n(-c2cccc(Br)c2)n1. The molecule has 4 aromatic rings. The normalized spacial score (nSPS) is 11.0. The summed E-state index contributed by atoms with van der Waals surface area (Å²) in [5.41, 5.74) is 3.79. The number of aryl methyl sites for hydroxylation is 2. The van der Waals surface area contributed by atoms with Gasteiger partial charge in [-0.05, 0) is 44.2 Å². The zero-order valence-corrected chi connectivity index (χ0v) is 15.9. The van der Waals surface area contributed by atoms with Gasteiger partial charge in [0.05, 0.1) is 11.4 Å². The molecule has 0 spiro atoms. The second kappa shape index (κ2) is 6.42. The van der Waals surface area contributed by atoms with Crippen molar-refractivity contribution in [2.45, 2.75) is 13.8 Å². The highest BCUT2D eigenvalue weighted by Crippen LogP contribution is 2.21. The van der Waals surface area contributed by atoms with Crippen molar-refractivity contribution in [3.8, 4) is 5.69 Å². The predicted molar refractivity (Wildman–Crippen MR) is 104 cm³/mol. The number of rotatable bonds is 3. The maximum absolute atomic E-state index is 12.7. The number of hydrogen-bond acceptors (Lipinski definition) is 3. The Labute approximate surface area is 158 Å². The van der Waals surface area contributed by atoms with Crippen LogP contribution in [0.5, 0.6) is 0 Å². The lowest BCUT2D eigenvalue weighted by molar-refractivity contribution is 0.102. The summed E-state index contributed by atoms with van der Waals surface area (Å²) in [6, 6.07) is 15.3. The first-order valence-corrected chi connectivity index (χ1v) is 8.89. The van der Waals surface area contributed by atoms with Gasteiger partial charge in [0.25, 0.3) is 5.91 Å². The summed E-state index contributed by atoms with van der Waals surface area (Å²) in [6.07, 6.45) is 1.74. The van der Waals surface area contributed by atoms with Crippen molar-refractivity contribution >= 4 is 33.3 Å². The third-order valence-electron chi connectivity index (χ3n) is 4.05. The van der Waals surface area contributed by atoms with Crippen LogP contribution in [0.4, 0.5) is 5.82 Å². The fourth-order valence-electron chi connectivity index (χ4n) is 2.83. The Bertz CT molecular complexity index is 1130. The highest BCUT2D eigenvalue weighted by Gasteiger charge is 2.15. The molecule has 0 bridgehead atoms. The van der Waals surface area contributed by atoms with Gasteiger partial charge in [-0.3, -0.25) is 4.79 Å². The van der Waals surface area contributed by atoms with Gasteiger partial charge in [-0.1, -0.05) is 28.1 Å². The number of fused-ring (bicyclic) bond motifs is 1. The Morgan fingerprint density at radius 3 is 2.69 bits per heavy atom. The van der Waals surface area contributed by atoms with Gasteiger partial charge in [-0.25, -0.2) is 9.67 Å². The fraction of sp³-hybridized carbons (Fsp3) is 0.105. The van der Waals surface area contributed by atoms with Crippen LogP contribution in [-0.2, 0) is 0 Å². The minimum atomic E-state index is -0.274. The first kappa shape index (κ1) is 16.5. The van der Waals surface area contributed by atoms with Crippen LogP contribution in [0.1, 0.15) is 21.9 Å². The Hall–Kier alpha value is -2.93. The summed E-state index contributed by atoms with van der Waals surface area (Å²) in [5, 5.41) is 7.40. The van der Waals surface area contributed by atoms with Gasteiger partial charge < -0.3 is 9.72 Å². The van der Waals surface area contributed by atoms with Crippen molar-refractivity contribution in [2.75, 3.05) is 5.32 Å². The number of benzene rings is 1. The van der Waals surface area contributed by atoms with Crippen LogP contribution in [0.15, 0.2) is 59.2 Å². The van der Waals surface area contributed by atoms with Crippen molar-refractivity contribution < 1.29 is 4.79 Å². The summed E-state index contributed by atoms with van der Waals surface area (Å²) < 4.78 is 4.54. The molecule has 130 valence electrons. The van der Waals surface area contributed by atoms with E-state index in [1.807, 2.05) is 66.8 Å². The van der Waals surface area contributed by atoms with Crippen LogP contribution in [0, 0.1) is 13.8 Å². The smallest absolute Gasteiger partial charge is 0.277 e. The molecule has 7 heteroatoms. The Morgan fingerprint density at radius 1 is 1.12 bits per heavy atom. The third kappa shape index (κ3) is 3.01. The molecule has 1 amide bonds. The highest BCUT2D eigenvalue weighted by molar-refractivity contribution is 9.10. The van der Waals surface area contributed by atoms with Crippen molar-refractivity contribution in [1.82, 2.24) is 19.2 Å². The van der Waals surface area contributed by atoms with Crippen molar-refractivity contribution in [3.05, 3.63) is 76.3 Å². The fourth-order valence-corrected chi connectivity index (χ4v) is 3.22. The molecule has 0 saturated heterocycles. The van der Waals surface area contributed by atoms with Crippen LogP contribution in [0.3, 0.4) is 0 Å². The summed E-state index contributed by atoms with van der Waals surface area (Å²) in [4.78, 5) is 17.1. The number of nitrogens with zero attached hydrogens (tertiary/aromatic N) is 4. The second-order valence-electron chi connectivity index (χ2n) is 6.04.